The molecule has 3 rings (SSSR count). The molecule has 9 heteroatoms. The maximum Gasteiger partial charge on any atom is 0.416 e. The van der Waals surface area contributed by atoms with Crippen molar-refractivity contribution in [3.8, 4) is 0 Å². The summed E-state index contributed by atoms with van der Waals surface area (Å²) in [6, 6.07) is 10.6. The van der Waals surface area contributed by atoms with Crippen molar-refractivity contribution < 1.29 is 31.1 Å². The van der Waals surface area contributed by atoms with E-state index >= 15 is 0 Å². The molecule has 0 amide bonds. The largest absolute Gasteiger partial charge is 0.416 e. The van der Waals surface area contributed by atoms with Crippen molar-refractivity contribution in [1.82, 2.24) is 0 Å². The molecule has 1 heterocycles. The minimum absolute atomic E-state index is 0.0313. The molecule has 0 saturated carbocycles. The topological polar surface area (TPSA) is 47.6 Å². The smallest absolute Gasteiger partial charge is 0.387 e. The van der Waals surface area contributed by atoms with Gasteiger partial charge in [0.15, 0.2) is 0 Å². The fraction of sp³-hybridized carbons (Fsp3) is 0.381. The normalized spacial score (nSPS) is 20.8. The fourth-order valence-corrected chi connectivity index (χ4v) is 3.44. The Kier molecular flexibility index (Phi) is 5.86. The summed E-state index contributed by atoms with van der Waals surface area (Å²) in [5.41, 5.74) is 2.88. The van der Waals surface area contributed by atoms with Crippen molar-refractivity contribution in [3.05, 3.63) is 70.8 Å². The van der Waals surface area contributed by atoms with Crippen molar-refractivity contribution in [2.24, 2.45) is 10.7 Å². The minimum atomic E-state index is -4.91. The Bertz CT molecular complexity index is 891. The van der Waals surface area contributed by atoms with E-state index in [9.17, 15) is 26.3 Å². The Hall–Kier alpha value is -2.55. The van der Waals surface area contributed by atoms with Gasteiger partial charge in [-0.15, -0.1) is 0 Å². The summed E-state index contributed by atoms with van der Waals surface area (Å²) in [5.74, 6) is 0.425. The maximum absolute atomic E-state index is 13.1. The second kappa shape index (κ2) is 7.94. The summed E-state index contributed by atoms with van der Waals surface area (Å²) in [4.78, 5) is 4.48. The van der Waals surface area contributed by atoms with Gasteiger partial charge in [-0.2, -0.15) is 26.3 Å². The molecule has 0 radical (unpaired) electrons. The van der Waals surface area contributed by atoms with E-state index in [1.54, 1.807) is 0 Å². The second-order valence-corrected chi connectivity index (χ2v) is 7.29. The number of ether oxygens (including phenoxy) is 1. The van der Waals surface area contributed by atoms with E-state index in [1.807, 2.05) is 30.3 Å². The Labute approximate surface area is 169 Å². The first kappa shape index (κ1) is 22.1. The summed E-state index contributed by atoms with van der Waals surface area (Å²) in [7, 11) is 0. The second-order valence-electron chi connectivity index (χ2n) is 7.29. The molecular weight excluding hydrogens is 410 g/mol. The van der Waals surface area contributed by atoms with E-state index in [-0.39, 0.29) is 18.2 Å². The van der Waals surface area contributed by atoms with Crippen molar-refractivity contribution in [1.29, 1.82) is 0 Å². The molecule has 2 aromatic carbocycles. The van der Waals surface area contributed by atoms with E-state index in [2.05, 4.69) is 4.99 Å². The lowest BCUT2D eigenvalue weighted by Crippen LogP contribution is -2.28. The van der Waals surface area contributed by atoms with Crippen molar-refractivity contribution in [2.45, 2.75) is 43.8 Å². The Balaban J connectivity index is 1.89. The first-order valence-corrected chi connectivity index (χ1v) is 9.21. The van der Waals surface area contributed by atoms with Crippen molar-refractivity contribution in [3.63, 3.8) is 0 Å². The molecule has 1 aliphatic rings. The van der Waals surface area contributed by atoms with Gasteiger partial charge in [0, 0.05) is 6.42 Å². The molecule has 2 atom stereocenters. The molecule has 2 N–H and O–H groups in total. The summed E-state index contributed by atoms with van der Waals surface area (Å²) < 4.78 is 84.5. The number of halogens is 6. The van der Waals surface area contributed by atoms with Crippen LogP contribution in [-0.4, -0.2) is 12.4 Å². The average Bonchev–Trinajstić information content (AvgIpc) is 3.07. The van der Waals surface area contributed by atoms with Crippen LogP contribution in [0.15, 0.2) is 53.5 Å². The number of alkyl halides is 6. The lowest BCUT2D eigenvalue weighted by molar-refractivity contribution is -0.143. The molecular formula is C21H20F6N2O. The van der Waals surface area contributed by atoms with Crippen LogP contribution in [0.1, 0.15) is 48.1 Å². The van der Waals surface area contributed by atoms with Gasteiger partial charge in [0.05, 0.1) is 29.7 Å². The maximum atomic E-state index is 13.1. The van der Waals surface area contributed by atoms with Crippen LogP contribution in [0, 0.1) is 0 Å². The van der Waals surface area contributed by atoms with Crippen molar-refractivity contribution in [2.75, 3.05) is 6.61 Å². The predicted octanol–water partition coefficient (Wildman–Crippen LogP) is 5.85. The molecule has 1 unspecified atom stereocenters. The zero-order valence-corrected chi connectivity index (χ0v) is 16.0. The number of amidine groups is 1. The summed E-state index contributed by atoms with van der Waals surface area (Å²) in [6.07, 6.45) is -9.79. The molecule has 1 aliphatic heterocycles. The zero-order valence-electron chi connectivity index (χ0n) is 16.0. The number of hydrogen-bond donors (Lipinski definition) is 1. The van der Waals surface area contributed by atoms with Crippen LogP contribution in [0.25, 0.3) is 0 Å². The molecule has 0 bridgehead atoms. The van der Waals surface area contributed by atoms with Crippen LogP contribution in [0.3, 0.4) is 0 Å². The van der Waals surface area contributed by atoms with Gasteiger partial charge < -0.3 is 10.5 Å². The number of nitrogens with zero attached hydrogens (tertiary/aromatic N) is 1. The molecule has 0 aromatic heterocycles. The summed E-state index contributed by atoms with van der Waals surface area (Å²) in [5, 5.41) is 0. The van der Waals surface area contributed by atoms with E-state index in [1.165, 1.54) is 6.92 Å². The van der Waals surface area contributed by atoms with Gasteiger partial charge in [0.1, 0.15) is 5.54 Å². The van der Waals surface area contributed by atoms with Gasteiger partial charge in [-0.05, 0) is 42.7 Å². The highest BCUT2D eigenvalue weighted by molar-refractivity contribution is 5.83. The molecule has 0 fully saturated rings. The number of nitrogens with two attached hydrogens (primary N) is 1. The summed E-state index contributed by atoms with van der Waals surface area (Å²) in [6.45, 7) is 1.38. The first-order chi connectivity index (χ1) is 13.9. The number of rotatable bonds is 5. The standard InChI is InChI=1S/C21H20F6N2O/c1-13(14-9-16(20(22,23)24)11-17(10-14)21(25,26)27)30-12-19(8-7-18(28)29-19)15-5-3-2-4-6-15/h2-6,9-11,13H,7-8,12H2,1H3,(H2,28,29)/t13?,19-/m1/s1. The van der Waals surface area contributed by atoms with Crippen LogP contribution in [-0.2, 0) is 22.6 Å². The van der Waals surface area contributed by atoms with E-state index < -0.39 is 35.1 Å². The van der Waals surface area contributed by atoms with Gasteiger partial charge in [-0.1, -0.05) is 30.3 Å². The minimum Gasteiger partial charge on any atom is -0.387 e. The van der Waals surface area contributed by atoms with E-state index in [0.29, 0.717) is 30.8 Å². The quantitative estimate of drug-likeness (QED) is 0.605. The zero-order chi connectivity index (χ0) is 22.2. The van der Waals surface area contributed by atoms with Gasteiger partial charge in [-0.25, -0.2) is 0 Å². The van der Waals surface area contributed by atoms with Gasteiger partial charge in [0.25, 0.3) is 0 Å². The first-order valence-electron chi connectivity index (χ1n) is 9.21. The average molecular weight is 430 g/mol. The molecule has 0 saturated heterocycles. The molecule has 30 heavy (non-hydrogen) atoms. The van der Waals surface area contributed by atoms with Gasteiger partial charge in [-0.3, -0.25) is 4.99 Å². The van der Waals surface area contributed by atoms with Crippen LogP contribution < -0.4 is 5.73 Å². The lowest BCUT2D eigenvalue weighted by atomic mass is 9.89. The Morgan fingerprint density at radius 1 is 1.00 bits per heavy atom. The van der Waals surface area contributed by atoms with Crippen LogP contribution in [0.5, 0.6) is 0 Å². The highest BCUT2D eigenvalue weighted by Crippen LogP contribution is 2.40. The molecule has 2 aromatic rings. The number of benzene rings is 2. The number of aliphatic imine (C=N–C) groups is 1. The molecule has 162 valence electrons. The van der Waals surface area contributed by atoms with Crippen LogP contribution in [0.2, 0.25) is 0 Å². The lowest BCUT2D eigenvalue weighted by Gasteiger charge is -2.28. The third-order valence-electron chi connectivity index (χ3n) is 5.12. The van der Waals surface area contributed by atoms with E-state index in [4.69, 9.17) is 10.5 Å². The van der Waals surface area contributed by atoms with Crippen LogP contribution in [0.4, 0.5) is 26.3 Å². The Morgan fingerprint density at radius 3 is 2.03 bits per heavy atom. The van der Waals surface area contributed by atoms with Gasteiger partial charge in [0.2, 0.25) is 0 Å². The predicted molar refractivity (Wildman–Crippen MR) is 99.8 cm³/mol. The highest BCUT2D eigenvalue weighted by Gasteiger charge is 2.39. The Morgan fingerprint density at radius 2 is 1.57 bits per heavy atom. The van der Waals surface area contributed by atoms with Gasteiger partial charge >= 0.3 is 12.4 Å². The third kappa shape index (κ3) is 4.77. The molecule has 0 spiro atoms. The SMILES string of the molecule is CC(OC[C@@]1(c2ccccc2)CCC(N)=N1)c1cc(C(F)(F)F)cc(C(F)(F)F)c1. The van der Waals surface area contributed by atoms with E-state index in [0.717, 1.165) is 5.56 Å². The monoisotopic (exact) mass is 430 g/mol. The third-order valence-corrected chi connectivity index (χ3v) is 5.12. The molecule has 3 nitrogen and oxygen atoms in total. The highest BCUT2D eigenvalue weighted by atomic mass is 19.4. The van der Waals surface area contributed by atoms with Crippen molar-refractivity contribution >= 4 is 5.84 Å². The number of hydrogen-bond acceptors (Lipinski definition) is 3. The molecule has 0 aliphatic carbocycles. The fourth-order valence-electron chi connectivity index (χ4n) is 3.44. The van der Waals surface area contributed by atoms with Crippen LogP contribution >= 0.6 is 0 Å². The summed E-state index contributed by atoms with van der Waals surface area (Å²) >= 11 is 0.